The van der Waals surface area contributed by atoms with Crippen LogP contribution in [0.5, 0.6) is 5.75 Å². The fraction of sp³-hybridized carbons (Fsp3) is 0.0476. The lowest BCUT2D eigenvalue weighted by Gasteiger charge is -2.12. The molecule has 6 heteroatoms. The van der Waals surface area contributed by atoms with Gasteiger partial charge in [-0.2, -0.15) is 0 Å². The van der Waals surface area contributed by atoms with Gasteiger partial charge in [0.15, 0.2) is 0 Å². The standard InChI is InChI=1S/C21H16N4O2/c26-21-16-7-3-4-8-19(16)25-20-17-13-15(9-10-18(17)23-14-24-20)27-12-6-2-1-5-11-22-21/h1-11,13-14H,12H2,(H,23,24,25)/b5-1+,6-2-,22-11+. The molecule has 6 nitrogen and oxygen atoms in total. The number of nitrogens with zero attached hydrogens (tertiary/aromatic N) is 3. The van der Waals surface area contributed by atoms with Crippen molar-refractivity contribution < 1.29 is 9.53 Å². The van der Waals surface area contributed by atoms with Crippen molar-refractivity contribution in [2.75, 3.05) is 11.9 Å². The van der Waals surface area contributed by atoms with Crippen molar-refractivity contribution in [3.8, 4) is 5.75 Å². The molecular weight excluding hydrogens is 340 g/mol. The van der Waals surface area contributed by atoms with Gasteiger partial charge in [-0.15, -0.1) is 0 Å². The largest absolute Gasteiger partial charge is 0.490 e. The quantitative estimate of drug-likeness (QED) is 0.656. The smallest absolute Gasteiger partial charge is 0.279 e. The van der Waals surface area contributed by atoms with Gasteiger partial charge in [-0.25, -0.2) is 15.0 Å². The summed E-state index contributed by atoms with van der Waals surface area (Å²) in [4.78, 5) is 25.1. The van der Waals surface area contributed by atoms with E-state index in [1.807, 2.05) is 42.5 Å². The maximum Gasteiger partial charge on any atom is 0.279 e. The molecule has 0 radical (unpaired) electrons. The van der Waals surface area contributed by atoms with Crippen LogP contribution >= 0.6 is 0 Å². The van der Waals surface area contributed by atoms with Gasteiger partial charge in [0, 0.05) is 11.6 Å². The zero-order chi connectivity index (χ0) is 18.5. The molecule has 132 valence electrons. The molecule has 1 aliphatic heterocycles. The molecule has 0 atom stereocenters. The van der Waals surface area contributed by atoms with Crippen molar-refractivity contribution >= 4 is 34.5 Å². The maximum atomic E-state index is 12.5. The van der Waals surface area contributed by atoms with Gasteiger partial charge in [0.05, 0.1) is 16.8 Å². The summed E-state index contributed by atoms with van der Waals surface area (Å²) in [7, 11) is 0. The molecule has 27 heavy (non-hydrogen) atoms. The average molecular weight is 356 g/mol. The molecule has 1 amide bonds. The Hall–Kier alpha value is -3.80. The molecule has 0 fully saturated rings. The second kappa shape index (κ2) is 7.61. The Labute approximate surface area is 155 Å². The number of carbonyl (C=O) groups is 1. The number of aliphatic imine (C=N–C) groups is 1. The number of amides is 1. The van der Waals surface area contributed by atoms with E-state index in [0.29, 0.717) is 29.4 Å². The zero-order valence-electron chi connectivity index (χ0n) is 14.4. The molecule has 2 bridgehead atoms. The van der Waals surface area contributed by atoms with E-state index >= 15 is 0 Å². The van der Waals surface area contributed by atoms with Crippen molar-refractivity contribution in [2.45, 2.75) is 0 Å². The fourth-order valence-electron chi connectivity index (χ4n) is 2.70. The highest BCUT2D eigenvalue weighted by Gasteiger charge is 2.12. The van der Waals surface area contributed by atoms with Crippen LogP contribution in [0.4, 0.5) is 11.5 Å². The summed E-state index contributed by atoms with van der Waals surface area (Å²) < 4.78 is 5.76. The van der Waals surface area contributed by atoms with Crippen LogP contribution in [0.1, 0.15) is 10.4 Å². The predicted molar refractivity (Wildman–Crippen MR) is 106 cm³/mol. The number of rotatable bonds is 0. The SMILES string of the molecule is O=C1/N=C/C=C/C=C\COc2ccc3ncnc(c3c2)Nc2ccccc21. The van der Waals surface area contributed by atoms with E-state index in [1.54, 1.807) is 24.3 Å². The first-order valence-corrected chi connectivity index (χ1v) is 8.45. The molecule has 2 aromatic carbocycles. The van der Waals surface area contributed by atoms with Gasteiger partial charge in [-0.05, 0) is 42.5 Å². The van der Waals surface area contributed by atoms with Gasteiger partial charge >= 0.3 is 0 Å². The molecule has 2 heterocycles. The van der Waals surface area contributed by atoms with Crippen LogP contribution in [-0.4, -0.2) is 28.7 Å². The lowest BCUT2D eigenvalue weighted by molar-refractivity contribution is 0.100. The highest BCUT2D eigenvalue weighted by Crippen LogP contribution is 2.28. The molecule has 0 saturated carbocycles. The van der Waals surface area contributed by atoms with Crippen molar-refractivity contribution in [3.63, 3.8) is 0 Å². The topological polar surface area (TPSA) is 76.5 Å². The van der Waals surface area contributed by atoms with E-state index in [2.05, 4.69) is 20.3 Å². The second-order valence-corrected chi connectivity index (χ2v) is 5.78. The molecule has 1 N–H and O–H groups in total. The molecule has 0 unspecified atom stereocenters. The Balaban J connectivity index is 1.85. The molecule has 1 aliphatic rings. The highest BCUT2D eigenvalue weighted by atomic mass is 16.5. The minimum absolute atomic E-state index is 0.332. The molecule has 4 rings (SSSR count). The van der Waals surface area contributed by atoms with E-state index in [4.69, 9.17) is 4.74 Å². The van der Waals surface area contributed by atoms with Crippen molar-refractivity contribution in [1.82, 2.24) is 9.97 Å². The molecule has 0 saturated heterocycles. The van der Waals surface area contributed by atoms with Gasteiger partial charge in [-0.3, -0.25) is 4.79 Å². The van der Waals surface area contributed by atoms with Gasteiger partial charge < -0.3 is 10.1 Å². The number of nitrogens with one attached hydrogen (secondary N) is 1. The number of carbonyl (C=O) groups excluding carboxylic acids is 1. The molecule has 0 aliphatic carbocycles. The van der Waals surface area contributed by atoms with Gasteiger partial charge in [0.25, 0.3) is 5.91 Å². The predicted octanol–water partition coefficient (Wildman–Crippen LogP) is 4.09. The average Bonchev–Trinajstić information content (AvgIpc) is 2.70. The third-order valence-corrected chi connectivity index (χ3v) is 4.00. The van der Waals surface area contributed by atoms with E-state index in [1.165, 1.54) is 12.5 Å². The van der Waals surface area contributed by atoms with Crippen LogP contribution in [0.2, 0.25) is 0 Å². The van der Waals surface area contributed by atoms with Crippen LogP contribution in [0.15, 0.2) is 78.1 Å². The maximum absolute atomic E-state index is 12.5. The number of hydrogen-bond acceptors (Lipinski definition) is 5. The Bertz CT molecular complexity index is 1090. The van der Waals surface area contributed by atoms with Crippen LogP contribution in [0, 0.1) is 0 Å². The summed E-state index contributed by atoms with van der Waals surface area (Å²) in [5, 5.41) is 4.04. The number of fused-ring (bicyclic) bond motifs is 2. The van der Waals surface area contributed by atoms with Gasteiger partial charge in [0.2, 0.25) is 0 Å². The van der Waals surface area contributed by atoms with Crippen LogP contribution in [-0.2, 0) is 0 Å². The normalized spacial score (nSPS) is 17.6. The van der Waals surface area contributed by atoms with E-state index in [0.717, 1.165) is 10.9 Å². The summed E-state index contributed by atoms with van der Waals surface area (Å²) in [6.07, 6.45) is 10.2. The number of anilines is 2. The first-order valence-electron chi connectivity index (χ1n) is 8.45. The summed E-state index contributed by atoms with van der Waals surface area (Å²) in [5.41, 5.74) is 1.87. The molecule has 1 aromatic heterocycles. The molecule has 0 spiro atoms. The third-order valence-electron chi connectivity index (χ3n) is 4.00. The van der Waals surface area contributed by atoms with Crippen molar-refractivity contribution in [3.05, 3.63) is 78.7 Å². The number of aromatic nitrogens is 2. The van der Waals surface area contributed by atoms with Crippen LogP contribution in [0.3, 0.4) is 0 Å². The number of hydrogen-bond donors (Lipinski definition) is 1. The van der Waals surface area contributed by atoms with Gasteiger partial charge in [0.1, 0.15) is 24.5 Å². The van der Waals surface area contributed by atoms with Crippen molar-refractivity contribution in [1.29, 1.82) is 0 Å². The van der Waals surface area contributed by atoms with E-state index in [9.17, 15) is 4.79 Å². The fourth-order valence-corrected chi connectivity index (χ4v) is 2.70. The lowest BCUT2D eigenvalue weighted by atomic mass is 10.1. The number of para-hydroxylation sites is 1. The molecular formula is C21H16N4O2. The second-order valence-electron chi connectivity index (χ2n) is 5.78. The van der Waals surface area contributed by atoms with E-state index in [-0.39, 0.29) is 5.91 Å². The lowest BCUT2D eigenvalue weighted by Crippen LogP contribution is -2.03. The van der Waals surface area contributed by atoms with Gasteiger partial charge in [-0.1, -0.05) is 24.3 Å². The van der Waals surface area contributed by atoms with Crippen LogP contribution in [0.25, 0.3) is 10.9 Å². The van der Waals surface area contributed by atoms with E-state index < -0.39 is 0 Å². The zero-order valence-corrected chi connectivity index (χ0v) is 14.4. The Kier molecular flexibility index (Phi) is 4.70. The van der Waals surface area contributed by atoms with Crippen LogP contribution < -0.4 is 10.1 Å². The number of allylic oxidation sites excluding steroid dienone is 3. The number of benzene rings is 2. The Morgan fingerprint density at radius 2 is 1.93 bits per heavy atom. The minimum Gasteiger partial charge on any atom is -0.490 e. The molecule has 3 aromatic rings. The summed E-state index contributed by atoms with van der Waals surface area (Å²) >= 11 is 0. The Morgan fingerprint density at radius 1 is 1.00 bits per heavy atom. The number of ether oxygens (including phenoxy) is 1. The first-order chi connectivity index (χ1) is 13.3. The van der Waals surface area contributed by atoms with Crippen molar-refractivity contribution in [2.24, 2.45) is 4.99 Å². The monoisotopic (exact) mass is 356 g/mol. The Morgan fingerprint density at radius 3 is 2.89 bits per heavy atom. The first kappa shape index (κ1) is 16.7. The highest BCUT2D eigenvalue weighted by molar-refractivity contribution is 6.05. The summed E-state index contributed by atoms with van der Waals surface area (Å²) in [5.74, 6) is 0.977. The summed E-state index contributed by atoms with van der Waals surface area (Å²) in [6, 6.07) is 12.8. The third kappa shape index (κ3) is 3.74. The minimum atomic E-state index is -0.332. The summed E-state index contributed by atoms with van der Waals surface area (Å²) in [6.45, 7) is 0.422.